The summed E-state index contributed by atoms with van der Waals surface area (Å²) in [5.74, 6) is 0. The fourth-order valence-electron chi connectivity index (χ4n) is 1.95. The van der Waals surface area contributed by atoms with Gasteiger partial charge >= 0.3 is 0 Å². The van der Waals surface area contributed by atoms with Gasteiger partial charge in [-0.2, -0.15) is 0 Å². The van der Waals surface area contributed by atoms with Crippen LogP contribution < -0.4 is 0 Å². The van der Waals surface area contributed by atoms with Crippen molar-refractivity contribution in [2.45, 2.75) is 13.8 Å². The second-order valence-electron chi connectivity index (χ2n) is 4.06. The number of rotatable bonds is 0. The van der Waals surface area contributed by atoms with Crippen LogP contribution in [0.15, 0.2) is 36.4 Å². The summed E-state index contributed by atoms with van der Waals surface area (Å²) in [6.45, 7) is 4.23. The molecule has 0 saturated carbocycles. The molecule has 0 aliphatic carbocycles. The van der Waals surface area contributed by atoms with E-state index in [0.29, 0.717) is 0 Å². The molecular formula is C14H12NS+. The number of benzene rings is 2. The summed E-state index contributed by atoms with van der Waals surface area (Å²) in [5.41, 5.74) is 4.77. The molecule has 2 heteroatoms. The van der Waals surface area contributed by atoms with Crippen molar-refractivity contribution < 1.29 is 0 Å². The molecule has 16 heavy (non-hydrogen) atoms. The van der Waals surface area contributed by atoms with E-state index in [2.05, 4.69) is 50.2 Å². The minimum absolute atomic E-state index is 1.13. The Kier molecular flexibility index (Phi) is 2.11. The van der Waals surface area contributed by atoms with Gasteiger partial charge in [0.15, 0.2) is 0 Å². The van der Waals surface area contributed by atoms with Gasteiger partial charge in [-0.1, -0.05) is 24.3 Å². The first-order valence-electron chi connectivity index (χ1n) is 5.34. The van der Waals surface area contributed by atoms with Gasteiger partial charge < -0.3 is 0 Å². The topological polar surface area (TPSA) is 12.9 Å². The van der Waals surface area contributed by atoms with Gasteiger partial charge in [-0.05, 0) is 25.0 Å². The summed E-state index contributed by atoms with van der Waals surface area (Å²) < 4.78 is 2.52. The molecule has 0 fully saturated rings. The molecule has 0 spiro atoms. The average Bonchev–Trinajstić information content (AvgIpc) is 2.28. The van der Waals surface area contributed by atoms with Crippen LogP contribution in [0.1, 0.15) is 11.1 Å². The second-order valence-corrected chi connectivity index (χ2v) is 5.14. The third-order valence-electron chi connectivity index (χ3n) is 2.84. The number of aryl methyl sites for hydroxylation is 2. The minimum atomic E-state index is 1.13. The molecule has 0 unspecified atom stereocenters. The highest BCUT2D eigenvalue weighted by Crippen LogP contribution is 2.28. The van der Waals surface area contributed by atoms with Crippen LogP contribution in [0.4, 0.5) is 0 Å². The Labute approximate surface area is 98.4 Å². The van der Waals surface area contributed by atoms with Crippen molar-refractivity contribution in [1.29, 1.82) is 0 Å². The quantitative estimate of drug-likeness (QED) is 0.410. The first-order chi connectivity index (χ1) is 7.75. The second kappa shape index (κ2) is 3.49. The summed E-state index contributed by atoms with van der Waals surface area (Å²) in [4.78, 5) is 4.79. The Bertz CT molecular complexity index is 632. The van der Waals surface area contributed by atoms with E-state index in [9.17, 15) is 0 Å². The van der Waals surface area contributed by atoms with Gasteiger partial charge in [-0.25, -0.2) is 4.98 Å². The molecule has 78 valence electrons. The van der Waals surface area contributed by atoms with Crippen molar-refractivity contribution in [2.24, 2.45) is 0 Å². The SMILES string of the molecule is Cc1cccc2[s+]c3cccc(C)c3nc12. The number of hydrogen-bond acceptors (Lipinski definition) is 1. The van der Waals surface area contributed by atoms with Gasteiger partial charge in [0.2, 0.25) is 11.3 Å². The molecule has 0 aliphatic heterocycles. The molecule has 1 heterocycles. The fourth-order valence-corrected chi connectivity index (χ4v) is 3.08. The first kappa shape index (κ1) is 9.67. The van der Waals surface area contributed by atoms with E-state index < -0.39 is 0 Å². The van der Waals surface area contributed by atoms with Gasteiger partial charge in [0, 0.05) is 12.1 Å². The van der Waals surface area contributed by atoms with Gasteiger partial charge in [-0.15, -0.1) is 0 Å². The van der Waals surface area contributed by atoms with Crippen molar-refractivity contribution in [1.82, 2.24) is 4.98 Å². The standard InChI is InChI=1S/C14H12NS/c1-9-5-3-7-11-13(9)15-14-10(2)6-4-8-12(14)16-11/h3-8H,1-2H3/q+1. The molecule has 0 bridgehead atoms. The van der Waals surface area contributed by atoms with Crippen molar-refractivity contribution in [3.63, 3.8) is 0 Å². The smallest absolute Gasteiger partial charge is 0.237 e. The summed E-state index contributed by atoms with van der Waals surface area (Å²) in [7, 11) is 0. The Morgan fingerprint density at radius 1 is 0.812 bits per heavy atom. The molecule has 3 aromatic rings. The third-order valence-corrected chi connectivity index (χ3v) is 3.94. The molecule has 1 nitrogen and oxygen atoms in total. The lowest BCUT2D eigenvalue weighted by Gasteiger charge is -1.97. The third kappa shape index (κ3) is 1.38. The lowest BCUT2D eigenvalue weighted by Crippen LogP contribution is -1.85. The molecule has 0 amide bonds. The lowest BCUT2D eigenvalue weighted by molar-refractivity contribution is 1.40. The van der Waals surface area contributed by atoms with Crippen LogP contribution in [0.25, 0.3) is 20.4 Å². The zero-order valence-corrected chi connectivity index (χ0v) is 10.1. The summed E-state index contributed by atoms with van der Waals surface area (Å²) in [6, 6.07) is 12.7. The highest BCUT2D eigenvalue weighted by atomic mass is 32.1. The van der Waals surface area contributed by atoms with Crippen molar-refractivity contribution in [2.75, 3.05) is 0 Å². The Morgan fingerprint density at radius 2 is 1.31 bits per heavy atom. The van der Waals surface area contributed by atoms with Crippen molar-refractivity contribution in [3.05, 3.63) is 47.5 Å². The number of aromatic nitrogens is 1. The van der Waals surface area contributed by atoms with E-state index in [4.69, 9.17) is 4.98 Å². The molecule has 2 aromatic carbocycles. The summed E-state index contributed by atoms with van der Waals surface area (Å²) in [5, 5.41) is 0. The Morgan fingerprint density at radius 3 is 1.81 bits per heavy atom. The van der Waals surface area contributed by atoms with E-state index in [1.54, 1.807) is 0 Å². The van der Waals surface area contributed by atoms with E-state index in [-0.39, 0.29) is 0 Å². The maximum Gasteiger partial charge on any atom is 0.257 e. The number of fused-ring (bicyclic) bond motifs is 2. The zero-order chi connectivity index (χ0) is 11.1. The average molecular weight is 226 g/mol. The number of hydrogen-bond donors (Lipinski definition) is 0. The lowest BCUT2D eigenvalue weighted by atomic mass is 10.2. The van der Waals surface area contributed by atoms with Crippen LogP contribution >= 0.6 is 11.3 Å². The predicted octanol–water partition coefficient (Wildman–Crippen LogP) is 4.35. The van der Waals surface area contributed by atoms with E-state index in [0.717, 1.165) is 11.0 Å². The van der Waals surface area contributed by atoms with Crippen LogP contribution in [-0.4, -0.2) is 4.98 Å². The maximum absolute atomic E-state index is 4.79. The van der Waals surface area contributed by atoms with Crippen LogP contribution in [0.2, 0.25) is 0 Å². The molecule has 3 rings (SSSR count). The molecule has 0 radical (unpaired) electrons. The largest absolute Gasteiger partial charge is 0.257 e. The highest BCUT2D eigenvalue weighted by Gasteiger charge is 2.14. The monoisotopic (exact) mass is 226 g/mol. The molecule has 0 atom stereocenters. The van der Waals surface area contributed by atoms with Crippen LogP contribution in [0.5, 0.6) is 0 Å². The maximum atomic E-state index is 4.79. The van der Waals surface area contributed by atoms with E-state index in [1.165, 1.54) is 20.5 Å². The van der Waals surface area contributed by atoms with E-state index in [1.807, 2.05) is 11.3 Å². The predicted molar refractivity (Wildman–Crippen MR) is 71.0 cm³/mol. The first-order valence-corrected chi connectivity index (χ1v) is 6.16. The highest BCUT2D eigenvalue weighted by molar-refractivity contribution is 7.24. The molecular weight excluding hydrogens is 214 g/mol. The van der Waals surface area contributed by atoms with Gasteiger partial charge in [0.25, 0.3) is 9.40 Å². The van der Waals surface area contributed by atoms with Crippen molar-refractivity contribution >= 4 is 31.8 Å². The molecule has 0 N–H and O–H groups in total. The van der Waals surface area contributed by atoms with Crippen LogP contribution in [-0.2, 0) is 0 Å². The number of nitrogens with zero attached hydrogens (tertiary/aromatic N) is 1. The fraction of sp³-hybridized carbons (Fsp3) is 0.143. The Balaban J connectivity index is 2.55. The van der Waals surface area contributed by atoms with Gasteiger partial charge in [0.05, 0.1) is 0 Å². The molecule has 0 saturated heterocycles. The summed E-state index contributed by atoms with van der Waals surface area (Å²) >= 11 is 1.82. The molecule has 1 aromatic heterocycles. The van der Waals surface area contributed by atoms with Gasteiger partial charge in [0.1, 0.15) is 11.0 Å². The van der Waals surface area contributed by atoms with Crippen LogP contribution in [0.3, 0.4) is 0 Å². The summed E-state index contributed by atoms with van der Waals surface area (Å²) in [6.07, 6.45) is 0. The van der Waals surface area contributed by atoms with E-state index >= 15 is 0 Å². The van der Waals surface area contributed by atoms with Crippen molar-refractivity contribution in [3.8, 4) is 0 Å². The molecule has 0 aliphatic rings. The van der Waals surface area contributed by atoms with Crippen LogP contribution in [0, 0.1) is 13.8 Å². The Hall–Kier alpha value is -1.54. The normalized spacial score (nSPS) is 11.1. The zero-order valence-electron chi connectivity index (χ0n) is 9.32. The number of para-hydroxylation sites is 2. The minimum Gasteiger partial charge on any atom is -0.237 e. The van der Waals surface area contributed by atoms with Gasteiger partial charge in [-0.3, -0.25) is 0 Å².